The first-order valence-corrected chi connectivity index (χ1v) is 8.52. The Hall–Kier alpha value is -2.39. The predicted octanol–water partition coefficient (Wildman–Crippen LogP) is 1.98. The van der Waals surface area contributed by atoms with Crippen LogP contribution in [0.4, 0.5) is 5.69 Å². The average Bonchev–Trinajstić information content (AvgIpc) is 3.35. The van der Waals surface area contributed by atoms with Gasteiger partial charge in [0.25, 0.3) is 0 Å². The minimum absolute atomic E-state index is 0.0736. The van der Waals surface area contributed by atoms with Crippen molar-refractivity contribution >= 4 is 17.5 Å². The van der Waals surface area contributed by atoms with Crippen LogP contribution in [0.25, 0.3) is 0 Å². The molecule has 0 aliphatic heterocycles. The predicted molar refractivity (Wildman–Crippen MR) is 96.9 cm³/mol. The number of likely N-dealkylation sites (N-methyl/N-ethyl adjacent to an activating group) is 1. The number of nitrogens with one attached hydrogen (secondary N) is 2. The smallest absolute Gasteiger partial charge is 0.238 e. The Bertz CT molecular complexity index is 686. The Labute approximate surface area is 149 Å². The molecule has 1 aliphatic carbocycles. The lowest BCUT2D eigenvalue weighted by Crippen LogP contribution is -2.50. The maximum atomic E-state index is 12.2. The number of rotatable bonds is 7. The highest BCUT2D eigenvalue weighted by molar-refractivity contribution is 5.94. The van der Waals surface area contributed by atoms with Gasteiger partial charge in [-0.05, 0) is 57.7 Å². The van der Waals surface area contributed by atoms with Gasteiger partial charge in [0.2, 0.25) is 11.8 Å². The molecule has 25 heavy (non-hydrogen) atoms. The highest BCUT2D eigenvalue weighted by atomic mass is 16.2. The number of anilines is 1. The fourth-order valence-corrected chi connectivity index (χ4v) is 2.95. The molecule has 0 aromatic heterocycles. The number of carbonyl (C=O) groups is 2. The third kappa shape index (κ3) is 5.04. The third-order valence-electron chi connectivity index (χ3n) is 4.60. The zero-order valence-corrected chi connectivity index (χ0v) is 15.3. The van der Waals surface area contributed by atoms with Crippen molar-refractivity contribution in [1.82, 2.24) is 10.2 Å². The molecule has 0 unspecified atom stereocenters. The lowest BCUT2D eigenvalue weighted by molar-refractivity contribution is -0.124. The molecule has 1 aromatic carbocycles. The Balaban J connectivity index is 1.85. The third-order valence-corrected chi connectivity index (χ3v) is 4.60. The summed E-state index contributed by atoms with van der Waals surface area (Å²) in [6.07, 6.45) is 1.94. The molecule has 0 bridgehead atoms. The van der Waals surface area contributed by atoms with Crippen molar-refractivity contribution in [1.29, 1.82) is 5.26 Å². The number of amides is 2. The monoisotopic (exact) mass is 342 g/mol. The Morgan fingerprint density at radius 2 is 1.80 bits per heavy atom. The van der Waals surface area contributed by atoms with E-state index in [1.54, 1.807) is 18.9 Å². The van der Waals surface area contributed by atoms with E-state index in [9.17, 15) is 14.9 Å². The summed E-state index contributed by atoms with van der Waals surface area (Å²) < 4.78 is 0. The maximum Gasteiger partial charge on any atom is 0.238 e. The maximum absolute atomic E-state index is 12.2. The molecule has 6 nitrogen and oxygen atoms in total. The van der Waals surface area contributed by atoms with Gasteiger partial charge in [-0.1, -0.05) is 18.2 Å². The van der Waals surface area contributed by atoms with Gasteiger partial charge in [-0.3, -0.25) is 14.5 Å². The molecular weight excluding hydrogens is 316 g/mol. The van der Waals surface area contributed by atoms with Crippen molar-refractivity contribution in [3.05, 3.63) is 29.3 Å². The Morgan fingerprint density at radius 3 is 2.32 bits per heavy atom. The van der Waals surface area contributed by atoms with Crippen LogP contribution in [0.2, 0.25) is 0 Å². The van der Waals surface area contributed by atoms with Crippen LogP contribution in [-0.2, 0) is 9.59 Å². The number of nitriles is 1. The Kier molecular flexibility index (Phi) is 5.81. The van der Waals surface area contributed by atoms with Gasteiger partial charge in [0, 0.05) is 5.69 Å². The first-order valence-electron chi connectivity index (χ1n) is 8.52. The van der Waals surface area contributed by atoms with E-state index in [0.717, 1.165) is 29.7 Å². The van der Waals surface area contributed by atoms with E-state index in [0.29, 0.717) is 0 Å². The molecule has 2 N–H and O–H groups in total. The van der Waals surface area contributed by atoms with E-state index in [2.05, 4.69) is 16.7 Å². The summed E-state index contributed by atoms with van der Waals surface area (Å²) in [5, 5.41) is 15.0. The molecule has 1 fully saturated rings. The van der Waals surface area contributed by atoms with Crippen LogP contribution < -0.4 is 10.6 Å². The van der Waals surface area contributed by atoms with Gasteiger partial charge in [-0.25, -0.2) is 0 Å². The van der Waals surface area contributed by atoms with Gasteiger partial charge in [0.1, 0.15) is 5.54 Å². The van der Waals surface area contributed by atoms with E-state index in [-0.39, 0.29) is 30.8 Å². The highest BCUT2D eigenvalue weighted by Crippen LogP contribution is 2.39. The van der Waals surface area contributed by atoms with E-state index in [4.69, 9.17) is 0 Å². The molecule has 1 atom stereocenters. The van der Waals surface area contributed by atoms with Gasteiger partial charge < -0.3 is 10.6 Å². The van der Waals surface area contributed by atoms with Crippen LogP contribution in [0.1, 0.15) is 30.9 Å². The molecule has 6 heteroatoms. The van der Waals surface area contributed by atoms with Crippen molar-refractivity contribution in [3.63, 3.8) is 0 Å². The summed E-state index contributed by atoms with van der Waals surface area (Å²) in [7, 11) is 1.71. The van der Waals surface area contributed by atoms with Crippen LogP contribution in [-0.4, -0.2) is 42.4 Å². The summed E-state index contributed by atoms with van der Waals surface area (Å²) in [5.74, 6) is -0.171. The number of carbonyl (C=O) groups excluding carboxylic acids is 2. The average molecular weight is 342 g/mol. The summed E-state index contributed by atoms with van der Waals surface area (Å²) in [5.41, 5.74) is 2.01. The molecule has 2 rings (SSSR count). The fraction of sp³-hybridized carbons (Fsp3) is 0.526. The van der Waals surface area contributed by atoms with E-state index in [1.807, 2.05) is 32.0 Å². The van der Waals surface area contributed by atoms with Crippen LogP contribution in [0.5, 0.6) is 0 Å². The second-order valence-corrected chi connectivity index (χ2v) is 7.12. The van der Waals surface area contributed by atoms with Gasteiger partial charge in [-0.2, -0.15) is 5.26 Å². The molecule has 0 heterocycles. The van der Waals surface area contributed by atoms with Gasteiger partial charge in [0.05, 0.1) is 19.2 Å². The number of benzene rings is 1. The lowest BCUT2D eigenvalue weighted by atomic mass is 9.98. The van der Waals surface area contributed by atoms with E-state index in [1.165, 1.54) is 0 Å². The zero-order valence-electron chi connectivity index (χ0n) is 15.3. The molecule has 2 amide bonds. The van der Waals surface area contributed by atoms with Crippen molar-refractivity contribution in [2.45, 2.75) is 39.2 Å². The molecule has 0 saturated heterocycles. The number of para-hydroxylation sites is 1. The minimum Gasteiger partial charge on any atom is -0.337 e. The summed E-state index contributed by atoms with van der Waals surface area (Å²) >= 11 is 0. The molecule has 134 valence electrons. The normalized spacial score (nSPS) is 16.0. The second kappa shape index (κ2) is 7.66. The van der Waals surface area contributed by atoms with Crippen molar-refractivity contribution in [2.75, 3.05) is 25.5 Å². The summed E-state index contributed by atoms with van der Waals surface area (Å²) in [6, 6.07) is 8.04. The zero-order chi connectivity index (χ0) is 18.6. The van der Waals surface area contributed by atoms with E-state index >= 15 is 0 Å². The summed E-state index contributed by atoms with van der Waals surface area (Å²) in [6.45, 7) is 5.83. The molecule has 0 radical (unpaired) electrons. The van der Waals surface area contributed by atoms with E-state index < -0.39 is 5.54 Å². The van der Waals surface area contributed by atoms with Crippen molar-refractivity contribution < 1.29 is 9.59 Å². The first kappa shape index (κ1) is 18.9. The fourth-order valence-electron chi connectivity index (χ4n) is 2.95. The van der Waals surface area contributed by atoms with Crippen LogP contribution in [0.3, 0.4) is 0 Å². The quantitative estimate of drug-likeness (QED) is 0.793. The van der Waals surface area contributed by atoms with Crippen molar-refractivity contribution in [2.24, 2.45) is 5.92 Å². The molecule has 1 aliphatic rings. The number of aryl methyl sites for hydroxylation is 2. The Morgan fingerprint density at radius 1 is 1.24 bits per heavy atom. The number of nitrogens with zero attached hydrogens (tertiary/aromatic N) is 2. The lowest BCUT2D eigenvalue weighted by Gasteiger charge is -2.24. The SMILES string of the molecule is Cc1cccc(C)c1NC(=O)CN(C)CC(=O)N[C@](C)(C#N)C1CC1. The molecule has 0 spiro atoms. The van der Waals surface area contributed by atoms with Gasteiger partial charge >= 0.3 is 0 Å². The standard InChI is InChI=1S/C19H26N4O2/c1-13-6-5-7-14(2)18(13)21-16(24)10-23(4)11-17(25)22-19(3,12-20)15-8-9-15/h5-7,15H,8-11H2,1-4H3,(H,21,24)(H,22,25)/t19-/m1/s1. The topological polar surface area (TPSA) is 85.2 Å². The molecular formula is C19H26N4O2. The van der Waals surface area contributed by atoms with Crippen LogP contribution in [0, 0.1) is 31.1 Å². The van der Waals surface area contributed by atoms with Crippen LogP contribution >= 0.6 is 0 Å². The van der Waals surface area contributed by atoms with Crippen molar-refractivity contribution in [3.8, 4) is 6.07 Å². The minimum atomic E-state index is -0.807. The largest absolute Gasteiger partial charge is 0.337 e. The molecule has 1 aromatic rings. The first-order chi connectivity index (χ1) is 11.7. The number of hydrogen-bond donors (Lipinski definition) is 2. The van der Waals surface area contributed by atoms with Gasteiger partial charge in [0.15, 0.2) is 0 Å². The molecule has 1 saturated carbocycles. The number of hydrogen-bond acceptors (Lipinski definition) is 4. The summed E-state index contributed by atoms with van der Waals surface area (Å²) in [4.78, 5) is 26.0. The van der Waals surface area contributed by atoms with Gasteiger partial charge in [-0.15, -0.1) is 0 Å². The second-order valence-electron chi connectivity index (χ2n) is 7.12. The van der Waals surface area contributed by atoms with Crippen LogP contribution in [0.15, 0.2) is 18.2 Å². The highest BCUT2D eigenvalue weighted by Gasteiger charge is 2.43.